The smallest absolute Gasteiger partial charge is 0.170 e. The van der Waals surface area contributed by atoms with Gasteiger partial charge in [0.1, 0.15) is 0 Å². The lowest BCUT2D eigenvalue weighted by molar-refractivity contribution is -0.752. The van der Waals surface area contributed by atoms with Crippen LogP contribution in [-0.2, 0) is 0 Å². The van der Waals surface area contributed by atoms with Crippen molar-refractivity contribution < 1.29 is 10.0 Å². The van der Waals surface area contributed by atoms with Gasteiger partial charge in [-0.1, -0.05) is 5.10 Å². The first-order chi connectivity index (χ1) is 4.29. The van der Waals surface area contributed by atoms with Crippen LogP contribution in [0.5, 0.6) is 0 Å². The molecule has 0 N–H and O–H groups in total. The van der Waals surface area contributed by atoms with Crippen LogP contribution < -0.4 is 4.94 Å². The SMILES string of the molecule is O=[N+]([O-])On1cccn1. The van der Waals surface area contributed by atoms with Gasteiger partial charge < -0.3 is 0 Å². The fraction of sp³-hybridized carbons (Fsp3) is 0. The Bertz CT molecular complexity index is 194. The van der Waals surface area contributed by atoms with Gasteiger partial charge in [0.25, 0.3) is 0 Å². The molecule has 6 heteroatoms. The Hall–Kier alpha value is -1.59. The molecule has 0 amide bonds. The van der Waals surface area contributed by atoms with Crippen molar-refractivity contribution in [1.82, 2.24) is 9.94 Å². The van der Waals surface area contributed by atoms with Crippen molar-refractivity contribution in [2.75, 3.05) is 0 Å². The summed E-state index contributed by atoms with van der Waals surface area (Å²) in [6, 6.07) is 1.52. The van der Waals surface area contributed by atoms with E-state index in [9.17, 15) is 10.1 Å². The molecule has 0 saturated heterocycles. The van der Waals surface area contributed by atoms with Crippen LogP contribution in [0.2, 0.25) is 0 Å². The van der Waals surface area contributed by atoms with Crippen molar-refractivity contribution in [2.24, 2.45) is 0 Å². The fourth-order valence-corrected chi connectivity index (χ4v) is 0.371. The molecule has 0 bridgehead atoms. The summed E-state index contributed by atoms with van der Waals surface area (Å²) in [7, 11) is 0. The van der Waals surface area contributed by atoms with Crippen molar-refractivity contribution in [3.8, 4) is 0 Å². The number of rotatable bonds is 2. The highest BCUT2D eigenvalue weighted by Gasteiger charge is 1.93. The van der Waals surface area contributed by atoms with Crippen LogP contribution >= 0.6 is 0 Å². The van der Waals surface area contributed by atoms with Gasteiger partial charge in [-0.15, -0.1) is 0 Å². The first-order valence-electron chi connectivity index (χ1n) is 2.11. The van der Waals surface area contributed by atoms with Gasteiger partial charge in [-0.25, -0.2) is 10.1 Å². The molecule has 1 aromatic rings. The van der Waals surface area contributed by atoms with Crippen LogP contribution in [0.3, 0.4) is 0 Å². The Kier molecular flexibility index (Phi) is 1.31. The van der Waals surface area contributed by atoms with Crippen LogP contribution in [0.1, 0.15) is 0 Å². The summed E-state index contributed by atoms with van der Waals surface area (Å²) >= 11 is 0. The third kappa shape index (κ3) is 1.41. The fourth-order valence-electron chi connectivity index (χ4n) is 0.371. The van der Waals surface area contributed by atoms with Gasteiger partial charge >= 0.3 is 0 Å². The topological polar surface area (TPSA) is 70.2 Å². The predicted molar refractivity (Wildman–Crippen MR) is 25.8 cm³/mol. The lowest BCUT2D eigenvalue weighted by atomic mass is 10.8. The Morgan fingerprint density at radius 1 is 1.78 bits per heavy atom. The summed E-state index contributed by atoms with van der Waals surface area (Å²) in [6.07, 6.45) is 2.70. The number of hydrogen-bond acceptors (Lipinski definition) is 4. The van der Waals surface area contributed by atoms with E-state index in [1.807, 2.05) is 0 Å². The molecule has 48 valence electrons. The highest BCUT2D eigenvalue weighted by atomic mass is 17.0. The Morgan fingerprint density at radius 2 is 2.56 bits per heavy atom. The zero-order chi connectivity index (χ0) is 6.69. The van der Waals surface area contributed by atoms with Gasteiger partial charge in [-0.3, -0.25) is 0 Å². The first-order valence-corrected chi connectivity index (χ1v) is 2.11. The average molecular weight is 129 g/mol. The lowest BCUT2D eigenvalue weighted by Gasteiger charge is -1.91. The normalized spacial score (nSPS) is 8.89. The van der Waals surface area contributed by atoms with E-state index in [2.05, 4.69) is 10.0 Å². The molecule has 9 heavy (non-hydrogen) atoms. The second-order valence-corrected chi connectivity index (χ2v) is 1.21. The molecule has 0 atom stereocenters. The molecule has 1 heterocycles. The van der Waals surface area contributed by atoms with Gasteiger partial charge in [-0.05, 0) is 4.85 Å². The van der Waals surface area contributed by atoms with E-state index in [0.29, 0.717) is 0 Å². The van der Waals surface area contributed by atoms with Crippen LogP contribution in [0.4, 0.5) is 0 Å². The van der Waals surface area contributed by atoms with E-state index in [1.54, 1.807) is 0 Å². The maximum absolute atomic E-state index is 9.59. The molecule has 0 radical (unpaired) electrons. The molecular weight excluding hydrogens is 126 g/mol. The van der Waals surface area contributed by atoms with Crippen LogP contribution in [0, 0.1) is 10.1 Å². The Balaban J connectivity index is 2.58. The maximum Gasteiger partial charge on any atom is 0.170 e. The van der Waals surface area contributed by atoms with Gasteiger partial charge in [0, 0.05) is 6.07 Å². The Morgan fingerprint density at radius 3 is 3.00 bits per heavy atom. The minimum atomic E-state index is -0.938. The van der Waals surface area contributed by atoms with E-state index in [0.717, 1.165) is 4.85 Å². The second-order valence-electron chi connectivity index (χ2n) is 1.21. The predicted octanol–water partition coefficient (Wildman–Crippen LogP) is -0.497. The molecule has 0 fully saturated rings. The summed E-state index contributed by atoms with van der Waals surface area (Å²) in [5.41, 5.74) is 0. The van der Waals surface area contributed by atoms with E-state index < -0.39 is 5.09 Å². The quantitative estimate of drug-likeness (QED) is 0.398. The first kappa shape index (κ1) is 5.54. The number of nitrogens with zero attached hydrogens (tertiary/aromatic N) is 3. The van der Waals surface area contributed by atoms with Crippen molar-refractivity contribution in [1.29, 1.82) is 0 Å². The summed E-state index contributed by atoms with van der Waals surface area (Å²) in [5, 5.41) is 12.1. The summed E-state index contributed by atoms with van der Waals surface area (Å²) in [6.45, 7) is 0. The maximum atomic E-state index is 9.59. The summed E-state index contributed by atoms with van der Waals surface area (Å²) in [5.74, 6) is 0. The van der Waals surface area contributed by atoms with Gasteiger partial charge in [-0.2, -0.15) is 4.94 Å². The highest BCUT2D eigenvalue weighted by molar-refractivity contribution is 4.74. The molecule has 0 saturated carbocycles. The van der Waals surface area contributed by atoms with Crippen molar-refractivity contribution in [3.05, 3.63) is 28.6 Å². The standard InChI is InChI=1S/C3H3N3O3/c7-6(8)9-5-3-1-2-4-5/h1-3H. The van der Waals surface area contributed by atoms with E-state index in [1.165, 1.54) is 18.5 Å². The number of aromatic nitrogens is 2. The molecular formula is C3H3N3O3. The summed E-state index contributed by atoms with van der Waals surface area (Å²) in [4.78, 5) is 14.2. The molecule has 1 rings (SSSR count). The van der Waals surface area contributed by atoms with E-state index in [-0.39, 0.29) is 0 Å². The largest absolute Gasteiger partial charge is 0.218 e. The third-order valence-corrected chi connectivity index (χ3v) is 0.630. The highest BCUT2D eigenvalue weighted by Crippen LogP contribution is 1.77. The molecule has 1 aromatic heterocycles. The molecule has 0 aromatic carbocycles. The zero-order valence-electron chi connectivity index (χ0n) is 4.30. The van der Waals surface area contributed by atoms with Crippen molar-refractivity contribution in [2.45, 2.75) is 0 Å². The number of hydrogen-bond donors (Lipinski definition) is 0. The van der Waals surface area contributed by atoms with Gasteiger partial charge in [0.2, 0.25) is 0 Å². The van der Waals surface area contributed by atoms with E-state index >= 15 is 0 Å². The molecule has 0 aliphatic carbocycles. The third-order valence-electron chi connectivity index (χ3n) is 0.630. The van der Waals surface area contributed by atoms with Gasteiger partial charge in [0.05, 0.1) is 6.20 Å². The minimum Gasteiger partial charge on any atom is -0.218 e. The molecule has 0 unspecified atom stereocenters. The molecule has 0 aliphatic heterocycles. The van der Waals surface area contributed by atoms with Crippen molar-refractivity contribution >= 4 is 0 Å². The zero-order valence-corrected chi connectivity index (χ0v) is 4.30. The van der Waals surface area contributed by atoms with Crippen LogP contribution in [0.15, 0.2) is 18.5 Å². The van der Waals surface area contributed by atoms with Crippen LogP contribution in [-0.4, -0.2) is 15.0 Å². The van der Waals surface area contributed by atoms with Crippen LogP contribution in [0.25, 0.3) is 0 Å². The van der Waals surface area contributed by atoms with Gasteiger partial charge in [0.15, 0.2) is 11.3 Å². The molecule has 0 aliphatic rings. The average Bonchev–Trinajstić information content (AvgIpc) is 2.15. The lowest BCUT2D eigenvalue weighted by Crippen LogP contribution is -2.17. The minimum absolute atomic E-state index is 0.750. The second kappa shape index (κ2) is 2.12. The van der Waals surface area contributed by atoms with Crippen molar-refractivity contribution in [3.63, 3.8) is 0 Å². The Labute approximate surface area is 49.7 Å². The monoisotopic (exact) mass is 129 g/mol. The summed E-state index contributed by atoms with van der Waals surface area (Å²) < 4.78 is 0. The molecule has 6 nitrogen and oxygen atoms in total. The molecule has 0 spiro atoms. The van der Waals surface area contributed by atoms with E-state index in [4.69, 9.17) is 0 Å².